The van der Waals surface area contributed by atoms with Gasteiger partial charge in [-0.3, -0.25) is 14.9 Å². The van der Waals surface area contributed by atoms with Gasteiger partial charge < -0.3 is 5.32 Å². The fourth-order valence-corrected chi connectivity index (χ4v) is 3.08. The van der Waals surface area contributed by atoms with Crippen LogP contribution in [-0.2, 0) is 4.79 Å². The standard InChI is InChI=1S/C15H13ClN6O3S/c1-8-5-9(2)21-14(17-8)19-15(20-21)26-7-13(23)18-11-6-10(16)3-4-12(11)22(24)25/h3-6H,7H2,1-2H3,(H,18,23). The van der Waals surface area contributed by atoms with Crippen molar-refractivity contribution in [3.63, 3.8) is 0 Å². The molecule has 3 rings (SSSR count). The summed E-state index contributed by atoms with van der Waals surface area (Å²) in [6.07, 6.45) is 0. The Hall–Kier alpha value is -2.72. The smallest absolute Gasteiger partial charge is 0.292 e. The summed E-state index contributed by atoms with van der Waals surface area (Å²) in [5, 5.41) is 18.5. The number of halogens is 1. The summed E-state index contributed by atoms with van der Waals surface area (Å²) in [6, 6.07) is 5.84. The van der Waals surface area contributed by atoms with Crippen molar-refractivity contribution < 1.29 is 9.72 Å². The molecule has 0 unspecified atom stereocenters. The minimum atomic E-state index is -0.584. The summed E-state index contributed by atoms with van der Waals surface area (Å²) in [5.74, 6) is 0.00875. The van der Waals surface area contributed by atoms with E-state index in [9.17, 15) is 14.9 Å². The van der Waals surface area contributed by atoms with Crippen LogP contribution in [0.5, 0.6) is 0 Å². The normalized spacial score (nSPS) is 10.9. The van der Waals surface area contributed by atoms with Crippen molar-refractivity contribution in [3.05, 3.63) is 50.8 Å². The summed E-state index contributed by atoms with van der Waals surface area (Å²) in [7, 11) is 0. The monoisotopic (exact) mass is 392 g/mol. The number of rotatable bonds is 5. The van der Waals surface area contributed by atoms with Gasteiger partial charge in [-0.15, -0.1) is 5.10 Å². The van der Waals surface area contributed by atoms with Crippen LogP contribution >= 0.6 is 23.4 Å². The van der Waals surface area contributed by atoms with Crippen LogP contribution in [0.3, 0.4) is 0 Å². The fourth-order valence-electron chi connectivity index (χ4n) is 2.29. The molecule has 0 bridgehead atoms. The first-order valence-electron chi connectivity index (χ1n) is 7.41. The Balaban J connectivity index is 1.71. The molecule has 0 saturated carbocycles. The van der Waals surface area contributed by atoms with Crippen molar-refractivity contribution in [2.24, 2.45) is 0 Å². The SMILES string of the molecule is Cc1cc(C)n2nc(SCC(=O)Nc3cc(Cl)ccc3[N+](=O)[O-])nc2n1. The lowest BCUT2D eigenvalue weighted by Gasteiger charge is -2.05. The number of carbonyl (C=O) groups is 1. The molecule has 0 aliphatic rings. The Morgan fingerprint density at radius 1 is 1.35 bits per heavy atom. The van der Waals surface area contributed by atoms with Gasteiger partial charge in [0.1, 0.15) is 5.69 Å². The number of anilines is 1. The summed E-state index contributed by atoms with van der Waals surface area (Å²) in [4.78, 5) is 31.1. The minimum Gasteiger partial charge on any atom is -0.320 e. The van der Waals surface area contributed by atoms with E-state index in [-0.39, 0.29) is 22.2 Å². The summed E-state index contributed by atoms with van der Waals surface area (Å²) in [5.41, 5.74) is 1.52. The quantitative estimate of drug-likeness (QED) is 0.403. The van der Waals surface area contributed by atoms with E-state index in [2.05, 4.69) is 20.4 Å². The molecule has 1 N–H and O–H groups in total. The van der Waals surface area contributed by atoms with Crippen molar-refractivity contribution in [2.45, 2.75) is 19.0 Å². The van der Waals surface area contributed by atoms with Gasteiger partial charge in [0.25, 0.3) is 11.5 Å². The molecule has 3 aromatic rings. The second kappa shape index (κ2) is 7.26. The second-order valence-corrected chi connectivity index (χ2v) is 6.78. The summed E-state index contributed by atoms with van der Waals surface area (Å²) < 4.78 is 1.59. The molecule has 26 heavy (non-hydrogen) atoms. The summed E-state index contributed by atoms with van der Waals surface area (Å²) in [6.45, 7) is 3.75. The number of aryl methyl sites for hydroxylation is 2. The number of nitro benzene ring substituents is 1. The zero-order valence-electron chi connectivity index (χ0n) is 13.8. The Kier molecular flexibility index (Phi) is 5.05. The van der Waals surface area contributed by atoms with Gasteiger partial charge >= 0.3 is 0 Å². The van der Waals surface area contributed by atoms with Crippen LogP contribution in [0.25, 0.3) is 5.78 Å². The van der Waals surface area contributed by atoms with Gasteiger partial charge in [-0.25, -0.2) is 9.50 Å². The molecule has 0 spiro atoms. The molecule has 2 heterocycles. The molecular weight excluding hydrogens is 380 g/mol. The van der Waals surface area contributed by atoms with Crippen LogP contribution < -0.4 is 5.32 Å². The Morgan fingerprint density at radius 2 is 2.12 bits per heavy atom. The Labute approximate surface area is 156 Å². The number of hydrogen-bond donors (Lipinski definition) is 1. The fraction of sp³-hybridized carbons (Fsp3) is 0.200. The van der Waals surface area contributed by atoms with E-state index in [1.807, 2.05) is 19.9 Å². The predicted octanol–water partition coefficient (Wildman–Crippen LogP) is 3.03. The maximum absolute atomic E-state index is 12.1. The van der Waals surface area contributed by atoms with Gasteiger partial charge in [0.15, 0.2) is 0 Å². The number of nitrogens with one attached hydrogen (secondary N) is 1. The molecule has 0 aliphatic heterocycles. The average molecular weight is 393 g/mol. The highest BCUT2D eigenvalue weighted by atomic mass is 35.5. The molecule has 0 aliphatic carbocycles. The number of thioether (sulfide) groups is 1. The van der Waals surface area contributed by atoms with E-state index in [4.69, 9.17) is 11.6 Å². The largest absolute Gasteiger partial charge is 0.320 e. The van der Waals surface area contributed by atoms with Crippen LogP contribution in [0.2, 0.25) is 5.02 Å². The zero-order chi connectivity index (χ0) is 18.8. The third-order valence-corrected chi connectivity index (χ3v) is 4.43. The maximum atomic E-state index is 12.1. The lowest BCUT2D eigenvalue weighted by atomic mass is 10.2. The molecule has 9 nitrogen and oxygen atoms in total. The van der Waals surface area contributed by atoms with E-state index in [1.165, 1.54) is 18.2 Å². The molecule has 0 saturated heterocycles. The molecular formula is C15H13ClN6O3S. The molecule has 0 radical (unpaired) electrons. The first-order valence-corrected chi connectivity index (χ1v) is 8.77. The lowest BCUT2D eigenvalue weighted by molar-refractivity contribution is -0.383. The lowest BCUT2D eigenvalue weighted by Crippen LogP contribution is -2.15. The van der Waals surface area contributed by atoms with Gasteiger partial charge in [0.05, 0.1) is 10.7 Å². The Morgan fingerprint density at radius 3 is 2.85 bits per heavy atom. The molecule has 0 atom stereocenters. The van der Waals surface area contributed by atoms with Gasteiger partial charge in [0, 0.05) is 22.5 Å². The van der Waals surface area contributed by atoms with E-state index >= 15 is 0 Å². The van der Waals surface area contributed by atoms with E-state index in [0.29, 0.717) is 10.9 Å². The number of nitro groups is 1. The van der Waals surface area contributed by atoms with Crippen molar-refractivity contribution >= 4 is 46.4 Å². The first-order chi connectivity index (χ1) is 12.3. The molecule has 134 valence electrons. The van der Waals surface area contributed by atoms with Crippen molar-refractivity contribution in [1.29, 1.82) is 0 Å². The number of fused-ring (bicyclic) bond motifs is 1. The molecule has 11 heteroatoms. The number of aromatic nitrogens is 4. The van der Waals surface area contributed by atoms with Crippen molar-refractivity contribution in [1.82, 2.24) is 19.6 Å². The van der Waals surface area contributed by atoms with Crippen molar-refractivity contribution in [2.75, 3.05) is 11.1 Å². The number of hydrogen-bond acceptors (Lipinski definition) is 7. The molecule has 0 fully saturated rings. The van der Waals surface area contributed by atoms with Crippen molar-refractivity contribution in [3.8, 4) is 0 Å². The van der Waals surface area contributed by atoms with Crippen LogP contribution in [0.1, 0.15) is 11.4 Å². The molecule has 1 aromatic carbocycles. The predicted molar refractivity (Wildman–Crippen MR) is 97.7 cm³/mol. The van der Waals surface area contributed by atoms with Gasteiger partial charge in [-0.2, -0.15) is 4.98 Å². The topological polar surface area (TPSA) is 115 Å². The number of carbonyl (C=O) groups excluding carboxylic acids is 1. The Bertz CT molecular complexity index is 1020. The first kappa shape index (κ1) is 18.1. The van der Waals surface area contributed by atoms with E-state index in [0.717, 1.165) is 23.1 Å². The average Bonchev–Trinajstić information content (AvgIpc) is 2.96. The number of amides is 1. The third kappa shape index (κ3) is 3.92. The number of benzene rings is 1. The van der Waals surface area contributed by atoms with E-state index < -0.39 is 10.8 Å². The van der Waals surface area contributed by atoms with Crippen LogP contribution in [0.15, 0.2) is 29.4 Å². The zero-order valence-corrected chi connectivity index (χ0v) is 15.3. The second-order valence-electron chi connectivity index (χ2n) is 5.40. The summed E-state index contributed by atoms with van der Waals surface area (Å²) >= 11 is 6.95. The van der Waals surface area contributed by atoms with Crippen LogP contribution in [0, 0.1) is 24.0 Å². The maximum Gasteiger partial charge on any atom is 0.292 e. The van der Waals surface area contributed by atoms with Gasteiger partial charge in [-0.1, -0.05) is 23.4 Å². The highest BCUT2D eigenvalue weighted by molar-refractivity contribution is 7.99. The minimum absolute atomic E-state index is 0.0153. The highest BCUT2D eigenvalue weighted by Crippen LogP contribution is 2.28. The van der Waals surface area contributed by atoms with Crippen LogP contribution in [0.4, 0.5) is 11.4 Å². The van der Waals surface area contributed by atoms with Gasteiger partial charge in [0.2, 0.25) is 11.1 Å². The van der Waals surface area contributed by atoms with Gasteiger partial charge in [-0.05, 0) is 32.0 Å². The van der Waals surface area contributed by atoms with Crippen LogP contribution in [-0.4, -0.2) is 36.2 Å². The van der Waals surface area contributed by atoms with E-state index in [1.54, 1.807) is 4.52 Å². The number of nitrogens with zero attached hydrogens (tertiary/aromatic N) is 5. The molecule has 2 aromatic heterocycles. The highest BCUT2D eigenvalue weighted by Gasteiger charge is 2.17. The molecule has 1 amide bonds. The third-order valence-electron chi connectivity index (χ3n) is 3.36.